The molecule has 0 aromatic heterocycles. The van der Waals surface area contributed by atoms with Crippen LogP contribution in [-0.2, 0) is 19.1 Å². The second-order valence-corrected chi connectivity index (χ2v) is 7.81. The molecule has 1 saturated heterocycles. The van der Waals surface area contributed by atoms with Gasteiger partial charge in [-0.25, -0.2) is 4.79 Å². The molecule has 0 unspecified atom stereocenters. The maximum Gasteiger partial charge on any atom is 0.337 e. The van der Waals surface area contributed by atoms with Crippen molar-refractivity contribution in [1.29, 1.82) is 0 Å². The number of benzene rings is 2. The van der Waals surface area contributed by atoms with Crippen LogP contribution in [0.15, 0.2) is 48.0 Å². The van der Waals surface area contributed by atoms with Crippen LogP contribution in [-0.4, -0.2) is 68.3 Å². The molecule has 0 spiro atoms. The summed E-state index contributed by atoms with van der Waals surface area (Å²) in [5.41, 5.74) is 1.19. The predicted molar refractivity (Wildman–Crippen MR) is 121 cm³/mol. The highest BCUT2D eigenvalue weighted by Gasteiger charge is 2.45. The average Bonchev–Trinajstić information content (AvgIpc) is 3.12. The summed E-state index contributed by atoms with van der Waals surface area (Å²) in [6.07, 6.45) is 0.504. The Hall–Kier alpha value is -3.85. The lowest BCUT2D eigenvalue weighted by molar-refractivity contribution is -0.140. The molecule has 0 aliphatic carbocycles. The summed E-state index contributed by atoms with van der Waals surface area (Å²) in [7, 11) is 2.84. The molecule has 0 radical (unpaired) electrons. The van der Waals surface area contributed by atoms with Gasteiger partial charge in [-0.15, -0.1) is 0 Å². The number of ketones is 1. The number of amides is 1. The van der Waals surface area contributed by atoms with E-state index in [9.17, 15) is 19.5 Å². The van der Waals surface area contributed by atoms with E-state index in [1.807, 2.05) is 0 Å². The largest absolute Gasteiger partial charge is 0.507 e. The normalized spacial score (nSPS) is 18.8. The van der Waals surface area contributed by atoms with Gasteiger partial charge in [0.05, 0.1) is 24.3 Å². The third-order valence-corrected chi connectivity index (χ3v) is 5.75. The second-order valence-electron chi connectivity index (χ2n) is 7.81. The van der Waals surface area contributed by atoms with E-state index in [2.05, 4.69) is 0 Å². The second kappa shape index (κ2) is 9.96. The number of aliphatic hydroxyl groups is 1. The molecule has 0 bridgehead atoms. The molecule has 2 heterocycles. The lowest BCUT2D eigenvalue weighted by Gasteiger charge is -2.25. The van der Waals surface area contributed by atoms with Crippen molar-refractivity contribution in [2.45, 2.75) is 12.5 Å². The molecule has 178 valence electrons. The number of aliphatic hydroxyl groups excluding tert-OH is 1. The van der Waals surface area contributed by atoms with Crippen LogP contribution in [0.2, 0.25) is 0 Å². The number of carbonyl (C=O) groups is 3. The van der Waals surface area contributed by atoms with Crippen LogP contribution in [0.25, 0.3) is 5.76 Å². The Kier molecular flexibility index (Phi) is 6.83. The van der Waals surface area contributed by atoms with E-state index >= 15 is 0 Å². The molecule has 2 aliphatic heterocycles. The zero-order valence-electron chi connectivity index (χ0n) is 18.9. The smallest absolute Gasteiger partial charge is 0.337 e. The summed E-state index contributed by atoms with van der Waals surface area (Å²) in [6.45, 7) is 1.44. The Morgan fingerprint density at radius 1 is 1.03 bits per heavy atom. The first-order valence-electron chi connectivity index (χ1n) is 10.8. The summed E-state index contributed by atoms with van der Waals surface area (Å²) in [6, 6.07) is 10.4. The minimum atomic E-state index is -0.836. The van der Waals surface area contributed by atoms with Gasteiger partial charge in [-0.1, -0.05) is 12.1 Å². The average molecular weight is 467 g/mol. The van der Waals surface area contributed by atoms with Crippen molar-refractivity contribution in [3.05, 3.63) is 64.7 Å². The summed E-state index contributed by atoms with van der Waals surface area (Å²) < 4.78 is 20.9. The Balaban J connectivity index is 1.79. The van der Waals surface area contributed by atoms with E-state index in [1.54, 1.807) is 49.6 Å². The number of fused-ring (bicyclic) bond motifs is 1. The van der Waals surface area contributed by atoms with E-state index in [0.717, 1.165) is 0 Å². The number of rotatable bonds is 7. The number of nitrogens with zero attached hydrogens (tertiary/aromatic N) is 1. The van der Waals surface area contributed by atoms with Crippen LogP contribution in [0.5, 0.6) is 11.5 Å². The lowest BCUT2D eigenvalue weighted by atomic mass is 9.94. The van der Waals surface area contributed by atoms with Gasteiger partial charge in [-0.05, 0) is 42.3 Å². The van der Waals surface area contributed by atoms with Gasteiger partial charge in [-0.3, -0.25) is 9.59 Å². The number of methoxy groups -OCH3 is 2. The third-order valence-electron chi connectivity index (χ3n) is 5.75. The van der Waals surface area contributed by atoms with Gasteiger partial charge in [0.2, 0.25) is 0 Å². The molecule has 0 saturated carbocycles. The van der Waals surface area contributed by atoms with Crippen LogP contribution in [0, 0.1) is 0 Å². The van der Waals surface area contributed by atoms with Crippen molar-refractivity contribution < 1.29 is 38.4 Å². The molecular formula is C25H25NO8. The SMILES string of the molecule is COCCCN1C(=O)C(=O)/C(=C(/O)c2ccc3c(c2)OCCO3)[C@H]1c1ccc(C(=O)OC)cc1. The Bertz CT molecular complexity index is 1140. The molecule has 1 fully saturated rings. The molecule has 9 heteroatoms. The van der Waals surface area contributed by atoms with Gasteiger partial charge < -0.3 is 29.0 Å². The molecule has 34 heavy (non-hydrogen) atoms. The summed E-state index contributed by atoms with van der Waals surface area (Å²) >= 11 is 0. The Morgan fingerprint density at radius 2 is 1.71 bits per heavy atom. The van der Waals surface area contributed by atoms with E-state index in [-0.39, 0.29) is 17.9 Å². The minimum absolute atomic E-state index is 0.0371. The predicted octanol–water partition coefficient (Wildman–Crippen LogP) is 2.70. The molecule has 1 N–H and O–H groups in total. The molecule has 1 atom stereocenters. The van der Waals surface area contributed by atoms with Crippen molar-refractivity contribution in [2.75, 3.05) is 40.6 Å². The zero-order valence-corrected chi connectivity index (χ0v) is 18.9. The number of esters is 1. The fourth-order valence-electron chi connectivity index (χ4n) is 4.10. The van der Waals surface area contributed by atoms with Gasteiger partial charge in [0.1, 0.15) is 19.0 Å². The number of ether oxygens (including phenoxy) is 4. The number of hydrogen-bond acceptors (Lipinski definition) is 8. The molecule has 1 amide bonds. The fraction of sp³-hybridized carbons (Fsp3) is 0.320. The van der Waals surface area contributed by atoms with Crippen LogP contribution < -0.4 is 9.47 Å². The van der Waals surface area contributed by atoms with Crippen molar-refractivity contribution in [3.8, 4) is 11.5 Å². The zero-order chi connectivity index (χ0) is 24.2. The van der Waals surface area contributed by atoms with E-state index in [1.165, 1.54) is 12.0 Å². The van der Waals surface area contributed by atoms with Crippen molar-refractivity contribution >= 4 is 23.4 Å². The van der Waals surface area contributed by atoms with Crippen molar-refractivity contribution in [1.82, 2.24) is 4.90 Å². The first-order valence-corrected chi connectivity index (χ1v) is 10.8. The molecule has 2 aromatic rings. The van der Waals surface area contributed by atoms with E-state index in [0.29, 0.717) is 54.4 Å². The van der Waals surface area contributed by atoms with Gasteiger partial charge >= 0.3 is 5.97 Å². The Labute approximate surface area is 196 Å². The number of carbonyl (C=O) groups excluding carboxylic acids is 3. The highest BCUT2D eigenvalue weighted by atomic mass is 16.6. The summed E-state index contributed by atoms with van der Waals surface area (Å²) in [5.74, 6) is -1.32. The first kappa shape index (κ1) is 23.3. The third kappa shape index (κ3) is 4.34. The molecular weight excluding hydrogens is 442 g/mol. The van der Waals surface area contributed by atoms with E-state index < -0.39 is 23.7 Å². The summed E-state index contributed by atoms with van der Waals surface area (Å²) in [4.78, 5) is 39.3. The van der Waals surface area contributed by atoms with Crippen LogP contribution in [0.1, 0.15) is 33.9 Å². The minimum Gasteiger partial charge on any atom is -0.507 e. The number of Topliss-reactive ketones (excluding diaryl/α,β-unsaturated/α-hetero) is 1. The fourth-order valence-corrected chi connectivity index (χ4v) is 4.10. The number of hydrogen-bond donors (Lipinski definition) is 1. The lowest BCUT2D eigenvalue weighted by Crippen LogP contribution is -2.31. The van der Waals surface area contributed by atoms with Crippen LogP contribution in [0.3, 0.4) is 0 Å². The van der Waals surface area contributed by atoms with E-state index in [4.69, 9.17) is 18.9 Å². The standard InChI is InChI=1S/C25H25NO8/c1-31-11-3-10-26-21(15-4-6-16(7-5-15)25(30)32-2)20(23(28)24(26)29)22(27)17-8-9-18-19(14-17)34-13-12-33-18/h4-9,14,21,27H,3,10-13H2,1-2H3/b22-20+/t21-/m1/s1. The maximum absolute atomic E-state index is 13.1. The molecule has 9 nitrogen and oxygen atoms in total. The summed E-state index contributed by atoms with van der Waals surface area (Å²) in [5, 5.41) is 11.2. The molecule has 2 aliphatic rings. The molecule has 2 aromatic carbocycles. The van der Waals surface area contributed by atoms with Gasteiger partial charge in [0.15, 0.2) is 11.5 Å². The first-order chi connectivity index (χ1) is 16.5. The quantitative estimate of drug-likeness (QED) is 0.218. The van der Waals surface area contributed by atoms with Crippen LogP contribution >= 0.6 is 0 Å². The van der Waals surface area contributed by atoms with Crippen LogP contribution in [0.4, 0.5) is 0 Å². The highest BCUT2D eigenvalue weighted by Crippen LogP contribution is 2.41. The maximum atomic E-state index is 13.1. The molecule has 4 rings (SSSR count). The van der Waals surface area contributed by atoms with Crippen molar-refractivity contribution in [3.63, 3.8) is 0 Å². The monoisotopic (exact) mass is 467 g/mol. The Morgan fingerprint density at radius 3 is 2.38 bits per heavy atom. The van der Waals surface area contributed by atoms with Gasteiger partial charge in [0, 0.05) is 25.8 Å². The highest BCUT2D eigenvalue weighted by molar-refractivity contribution is 6.46. The van der Waals surface area contributed by atoms with Gasteiger partial charge in [-0.2, -0.15) is 0 Å². The number of likely N-dealkylation sites (tertiary alicyclic amines) is 1. The van der Waals surface area contributed by atoms with Gasteiger partial charge in [0.25, 0.3) is 11.7 Å². The topological polar surface area (TPSA) is 112 Å². The van der Waals surface area contributed by atoms with Crippen molar-refractivity contribution in [2.24, 2.45) is 0 Å².